The molecule has 0 aliphatic heterocycles. The van der Waals surface area contributed by atoms with Gasteiger partial charge in [-0.25, -0.2) is 4.79 Å². The van der Waals surface area contributed by atoms with E-state index >= 15 is 0 Å². The highest BCUT2D eigenvalue weighted by Gasteiger charge is 2.34. The summed E-state index contributed by atoms with van der Waals surface area (Å²) in [5, 5.41) is 11.0. The Morgan fingerprint density at radius 1 is 1.12 bits per heavy atom. The maximum absolute atomic E-state index is 12.8. The van der Waals surface area contributed by atoms with Gasteiger partial charge in [0.15, 0.2) is 0 Å². The van der Waals surface area contributed by atoms with Crippen LogP contribution in [0.25, 0.3) is 0 Å². The van der Waals surface area contributed by atoms with Gasteiger partial charge in [0.2, 0.25) is 5.60 Å². The maximum Gasteiger partial charge on any atom is 0.416 e. The van der Waals surface area contributed by atoms with E-state index in [1.54, 1.807) is 6.92 Å². The Morgan fingerprint density at radius 2 is 1.79 bits per heavy atom. The molecule has 2 rings (SSSR count). The van der Waals surface area contributed by atoms with Crippen LogP contribution in [0.1, 0.15) is 31.9 Å². The quantitative estimate of drug-likeness (QED) is 0.274. The van der Waals surface area contributed by atoms with Crippen LogP contribution in [0.2, 0.25) is 5.02 Å². The summed E-state index contributed by atoms with van der Waals surface area (Å²) in [6, 6.07) is 5.86. The van der Waals surface area contributed by atoms with Gasteiger partial charge in [0.1, 0.15) is 11.5 Å². The molecule has 0 bridgehead atoms. The molecule has 0 aromatic heterocycles. The van der Waals surface area contributed by atoms with Crippen molar-refractivity contribution in [2.75, 3.05) is 6.61 Å². The zero-order chi connectivity index (χ0) is 25.0. The number of carbonyl (C=O) groups excluding carboxylic acids is 2. The zero-order valence-corrected chi connectivity index (χ0v) is 18.5. The fraction of sp³-hybridized carbons (Fsp3) is 0.333. The van der Waals surface area contributed by atoms with Crippen molar-refractivity contribution in [3.8, 4) is 11.5 Å². The van der Waals surface area contributed by atoms with Gasteiger partial charge >= 0.3 is 18.1 Å². The Hall–Kier alpha value is -3.34. The summed E-state index contributed by atoms with van der Waals surface area (Å²) in [6.07, 6.45) is -5.18. The van der Waals surface area contributed by atoms with Crippen LogP contribution < -0.4 is 4.74 Å². The van der Waals surface area contributed by atoms with Crippen LogP contribution in [0.15, 0.2) is 36.4 Å². The lowest BCUT2D eigenvalue weighted by molar-refractivity contribution is -0.385. The lowest BCUT2D eigenvalue weighted by atomic mass is 10.1. The van der Waals surface area contributed by atoms with E-state index in [-0.39, 0.29) is 28.7 Å². The van der Waals surface area contributed by atoms with Crippen molar-refractivity contribution in [3.63, 3.8) is 0 Å². The molecule has 0 N–H and O–H groups in total. The molecule has 178 valence electrons. The number of ether oxygens (including phenoxy) is 3. The van der Waals surface area contributed by atoms with Gasteiger partial charge in [-0.1, -0.05) is 11.6 Å². The van der Waals surface area contributed by atoms with Crippen LogP contribution >= 0.6 is 11.6 Å². The van der Waals surface area contributed by atoms with Crippen LogP contribution in [0.4, 0.5) is 18.9 Å². The molecule has 0 heterocycles. The number of halogens is 4. The molecule has 0 saturated carbocycles. The first-order valence-corrected chi connectivity index (χ1v) is 9.83. The first kappa shape index (κ1) is 25.9. The molecular weight excluding hydrogens is 471 g/mol. The smallest absolute Gasteiger partial charge is 0.416 e. The van der Waals surface area contributed by atoms with Crippen LogP contribution in [-0.4, -0.2) is 29.1 Å². The minimum atomic E-state index is -4.60. The summed E-state index contributed by atoms with van der Waals surface area (Å²) in [5.41, 5.74) is -3.13. The lowest BCUT2D eigenvalue weighted by Gasteiger charge is -2.22. The van der Waals surface area contributed by atoms with Crippen molar-refractivity contribution in [2.24, 2.45) is 0 Å². The number of rotatable bonds is 8. The number of alkyl halides is 3. The number of benzene rings is 2. The molecule has 2 aromatic carbocycles. The molecule has 0 spiro atoms. The predicted molar refractivity (Wildman–Crippen MR) is 110 cm³/mol. The molecule has 0 saturated heterocycles. The normalized spacial score (nSPS) is 11.6. The SMILES string of the molecule is CCOC(=O)C(C)(C)OC(=O)Cc1cc(Oc2ccc(C(F)(F)F)cc2Cl)ccc1[N+](=O)[O-]. The van der Waals surface area contributed by atoms with Gasteiger partial charge in [0, 0.05) is 11.6 Å². The molecule has 2 aromatic rings. The van der Waals surface area contributed by atoms with Gasteiger partial charge in [0.05, 0.1) is 28.5 Å². The second-order valence-corrected chi connectivity index (χ2v) is 7.58. The lowest BCUT2D eigenvalue weighted by Crippen LogP contribution is -2.39. The van der Waals surface area contributed by atoms with E-state index in [1.807, 2.05) is 0 Å². The minimum Gasteiger partial charge on any atom is -0.463 e. The largest absolute Gasteiger partial charge is 0.463 e. The number of hydrogen-bond donors (Lipinski definition) is 0. The summed E-state index contributed by atoms with van der Waals surface area (Å²) in [7, 11) is 0. The first-order chi connectivity index (χ1) is 15.2. The topological polar surface area (TPSA) is 105 Å². The van der Waals surface area contributed by atoms with Gasteiger partial charge in [-0.3, -0.25) is 14.9 Å². The fourth-order valence-corrected chi connectivity index (χ4v) is 2.87. The standard InChI is InChI=1S/C21H19ClF3NO7/c1-4-31-19(28)20(2,3)33-18(27)10-12-9-14(6-7-16(12)26(29)30)32-17-8-5-13(11-15(17)22)21(23,24)25/h5-9,11H,4,10H2,1-3H3. The molecule has 8 nitrogen and oxygen atoms in total. The average molecular weight is 490 g/mol. The Bertz CT molecular complexity index is 1070. The van der Waals surface area contributed by atoms with E-state index in [1.165, 1.54) is 19.9 Å². The monoisotopic (exact) mass is 489 g/mol. The van der Waals surface area contributed by atoms with E-state index in [2.05, 4.69) is 0 Å². The van der Waals surface area contributed by atoms with Gasteiger partial charge in [-0.15, -0.1) is 0 Å². The van der Waals surface area contributed by atoms with Gasteiger partial charge in [-0.05, 0) is 51.1 Å². The second-order valence-electron chi connectivity index (χ2n) is 7.17. The highest BCUT2D eigenvalue weighted by molar-refractivity contribution is 6.32. The Kier molecular flexibility index (Phi) is 7.91. The van der Waals surface area contributed by atoms with Crippen LogP contribution in [-0.2, 0) is 31.7 Å². The average Bonchev–Trinajstić information content (AvgIpc) is 2.68. The van der Waals surface area contributed by atoms with E-state index in [0.29, 0.717) is 6.07 Å². The van der Waals surface area contributed by atoms with Crippen LogP contribution in [0.5, 0.6) is 11.5 Å². The van der Waals surface area contributed by atoms with Crippen molar-refractivity contribution in [1.29, 1.82) is 0 Å². The molecule has 0 unspecified atom stereocenters. The summed E-state index contributed by atoms with van der Waals surface area (Å²) < 4.78 is 53.8. The molecule has 12 heteroatoms. The Morgan fingerprint density at radius 3 is 2.33 bits per heavy atom. The van der Waals surface area contributed by atoms with Crippen molar-refractivity contribution < 1.29 is 41.9 Å². The first-order valence-electron chi connectivity index (χ1n) is 9.45. The van der Waals surface area contributed by atoms with Crippen molar-refractivity contribution >= 4 is 29.2 Å². The summed E-state index contributed by atoms with van der Waals surface area (Å²) >= 11 is 5.87. The van der Waals surface area contributed by atoms with Gasteiger partial charge < -0.3 is 14.2 Å². The number of hydrogen-bond acceptors (Lipinski definition) is 7. The molecule has 0 fully saturated rings. The van der Waals surface area contributed by atoms with Crippen LogP contribution in [0.3, 0.4) is 0 Å². The van der Waals surface area contributed by atoms with Crippen molar-refractivity contribution in [2.45, 2.75) is 39.0 Å². The van der Waals surface area contributed by atoms with Crippen LogP contribution in [0, 0.1) is 10.1 Å². The van der Waals surface area contributed by atoms with E-state index in [0.717, 1.165) is 24.3 Å². The fourth-order valence-electron chi connectivity index (χ4n) is 2.65. The van der Waals surface area contributed by atoms with Gasteiger partial charge in [0.25, 0.3) is 5.69 Å². The van der Waals surface area contributed by atoms with Gasteiger partial charge in [-0.2, -0.15) is 13.2 Å². The third-order valence-electron chi connectivity index (χ3n) is 4.21. The second kappa shape index (κ2) is 10.1. The molecule has 0 aliphatic rings. The number of nitrogens with zero attached hydrogens (tertiary/aromatic N) is 1. The molecule has 0 amide bonds. The van der Waals surface area contributed by atoms with Crippen molar-refractivity contribution in [1.82, 2.24) is 0 Å². The number of nitro benzene ring substituents is 1. The number of esters is 2. The molecular formula is C21H19ClF3NO7. The minimum absolute atomic E-state index is 0.0188. The van der Waals surface area contributed by atoms with E-state index in [9.17, 15) is 32.9 Å². The third-order valence-corrected chi connectivity index (χ3v) is 4.50. The zero-order valence-electron chi connectivity index (χ0n) is 17.7. The molecule has 33 heavy (non-hydrogen) atoms. The molecule has 0 aliphatic carbocycles. The van der Waals surface area contributed by atoms with Crippen molar-refractivity contribution in [3.05, 3.63) is 62.7 Å². The third kappa shape index (κ3) is 6.82. The molecule has 0 atom stereocenters. The Balaban J connectivity index is 2.27. The summed E-state index contributed by atoms with van der Waals surface area (Å²) in [6.45, 7) is 4.26. The Labute approximate surface area is 191 Å². The highest BCUT2D eigenvalue weighted by Crippen LogP contribution is 2.37. The summed E-state index contributed by atoms with van der Waals surface area (Å²) in [5.74, 6) is -1.88. The highest BCUT2D eigenvalue weighted by atomic mass is 35.5. The maximum atomic E-state index is 12.8. The van der Waals surface area contributed by atoms with E-state index < -0.39 is 46.3 Å². The number of nitro groups is 1. The summed E-state index contributed by atoms with van der Waals surface area (Å²) in [4.78, 5) is 34.9. The molecule has 0 radical (unpaired) electrons. The van der Waals surface area contributed by atoms with E-state index in [4.69, 9.17) is 25.8 Å². The predicted octanol–water partition coefficient (Wildman–Crippen LogP) is 5.49. The number of carbonyl (C=O) groups is 2.